The highest BCUT2D eigenvalue weighted by Gasteiger charge is 2.30. The van der Waals surface area contributed by atoms with Gasteiger partial charge >= 0.3 is 0 Å². The summed E-state index contributed by atoms with van der Waals surface area (Å²) in [5.74, 6) is 0.474. The van der Waals surface area contributed by atoms with Crippen LogP contribution >= 0.6 is 11.3 Å². The Morgan fingerprint density at radius 2 is 2.09 bits per heavy atom. The molecule has 0 spiro atoms. The number of hydrogen-bond acceptors (Lipinski definition) is 4. The number of aryl methyl sites for hydroxylation is 1. The van der Waals surface area contributed by atoms with Crippen LogP contribution in [0.3, 0.4) is 0 Å². The summed E-state index contributed by atoms with van der Waals surface area (Å²) in [5, 5.41) is 2.70. The first-order valence-corrected chi connectivity index (χ1v) is 10.5. The molecule has 0 bridgehead atoms. The maximum Gasteiger partial charge on any atom is 0.261 e. The number of carbonyl (C=O) groups excluding carboxylic acids is 1. The summed E-state index contributed by atoms with van der Waals surface area (Å²) in [4.78, 5) is 14.1. The normalized spacial score (nSPS) is 18.8. The molecule has 124 valence electrons. The first-order chi connectivity index (χ1) is 10.1. The summed E-state index contributed by atoms with van der Waals surface area (Å²) in [7, 11) is -3.04. The fraction of sp³-hybridized carbons (Fsp3) is 0.688. The number of fused-ring (bicyclic) bond motifs is 1. The van der Waals surface area contributed by atoms with Crippen LogP contribution in [0.15, 0.2) is 6.07 Å². The van der Waals surface area contributed by atoms with E-state index in [1.54, 1.807) is 11.3 Å². The number of amides is 1. The topological polar surface area (TPSA) is 63.2 Å². The van der Waals surface area contributed by atoms with Gasteiger partial charge in [-0.3, -0.25) is 4.79 Å². The third-order valence-corrected chi connectivity index (χ3v) is 6.47. The highest BCUT2D eigenvalue weighted by molar-refractivity contribution is 7.90. The van der Waals surface area contributed by atoms with E-state index in [9.17, 15) is 13.2 Å². The Kier molecular flexibility index (Phi) is 5.02. The summed E-state index contributed by atoms with van der Waals surface area (Å²) < 4.78 is 22.2. The van der Waals surface area contributed by atoms with Gasteiger partial charge in [0.2, 0.25) is 0 Å². The van der Waals surface area contributed by atoms with E-state index in [2.05, 4.69) is 26.1 Å². The third-order valence-electron chi connectivity index (χ3n) is 4.29. The van der Waals surface area contributed by atoms with Crippen molar-refractivity contribution in [2.75, 3.05) is 18.6 Å². The van der Waals surface area contributed by atoms with Gasteiger partial charge in [-0.1, -0.05) is 20.8 Å². The van der Waals surface area contributed by atoms with Gasteiger partial charge in [0.05, 0.1) is 10.6 Å². The molecular formula is C16H25NO3S2. The van der Waals surface area contributed by atoms with Gasteiger partial charge in [-0.15, -0.1) is 11.3 Å². The molecular weight excluding hydrogens is 318 g/mol. The summed E-state index contributed by atoms with van der Waals surface area (Å²) >= 11 is 1.55. The molecule has 0 aromatic carbocycles. The lowest BCUT2D eigenvalue weighted by Crippen LogP contribution is -2.28. The predicted octanol–water partition coefficient (Wildman–Crippen LogP) is 2.67. The van der Waals surface area contributed by atoms with Crippen molar-refractivity contribution in [1.82, 2.24) is 5.32 Å². The molecule has 0 aliphatic heterocycles. The van der Waals surface area contributed by atoms with Crippen molar-refractivity contribution in [3.8, 4) is 0 Å². The van der Waals surface area contributed by atoms with Crippen molar-refractivity contribution in [2.24, 2.45) is 11.3 Å². The van der Waals surface area contributed by atoms with Crippen molar-refractivity contribution in [3.05, 3.63) is 21.4 Å². The summed E-state index contributed by atoms with van der Waals surface area (Å²) in [6.45, 7) is 6.99. The number of sulfone groups is 1. The van der Waals surface area contributed by atoms with E-state index < -0.39 is 9.84 Å². The zero-order valence-electron chi connectivity index (χ0n) is 13.7. The zero-order chi connectivity index (χ0) is 16.5. The lowest BCUT2D eigenvalue weighted by Gasteiger charge is -2.33. The van der Waals surface area contributed by atoms with Crippen LogP contribution in [0.2, 0.25) is 0 Å². The van der Waals surface area contributed by atoms with E-state index in [1.807, 2.05) is 6.07 Å². The highest BCUT2D eigenvalue weighted by atomic mass is 32.2. The highest BCUT2D eigenvalue weighted by Crippen LogP contribution is 2.40. The number of thiophene rings is 1. The van der Waals surface area contributed by atoms with E-state index in [0.717, 1.165) is 12.8 Å². The molecule has 4 nitrogen and oxygen atoms in total. The van der Waals surface area contributed by atoms with E-state index >= 15 is 0 Å². The van der Waals surface area contributed by atoms with Crippen LogP contribution < -0.4 is 5.32 Å². The summed E-state index contributed by atoms with van der Waals surface area (Å²) in [6.07, 6.45) is 4.42. The van der Waals surface area contributed by atoms with E-state index in [-0.39, 0.29) is 23.6 Å². The average Bonchev–Trinajstić information content (AvgIpc) is 2.78. The molecule has 1 aliphatic rings. The van der Waals surface area contributed by atoms with Crippen LogP contribution in [0.1, 0.15) is 47.3 Å². The van der Waals surface area contributed by atoms with Crippen molar-refractivity contribution < 1.29 is 13.2 Å². The Morgan fingerprint density at radius 3 is 2.68 bits per heavy atom. The lowest BCUT2D eigenvalue weighted by atomic mass is 9.72. The van der Waals surface area contributed by atoms with Gasteiger partial charge in [0.25, 0.3) is 5.91 Å². The van der Waals surface area contributed by atoms with Crippen LogP contribution in [0.4, 0.5) is 0 Å². The second-order valence-electron chi connectivity index (χ2n) is 7.25. The van der Waals surface area contributed by atoms with Gasteiger partial charge in [-0.25, -0.2) is 8.42 Å². The van der Waals surface area contributed by atoms with Gasteiger partial charge in [-0.2, -0.15) is 0 Å². The fourth-order valence-electron chi connectivity index (χ4n) is 2.81. The minimum absolute atomic E-state index is 0.0179. The molecule has 1 aliphatic carbocycles. The standard InChI is InChI=1S/C16H25NO3S2/c1-16(2,3)12-5-6-13-11(9-12)10-14(21-13)15(18)17-7-8-22(4,19)20/h10,12H,5-9H2,1-4H3,(H,17,18). The molecule has 2 rings (SSSR count). The van der Waals surface area contributed by atoms with E-state index in [1.165, 1.54) is 23.1 Å². The van der Waals surface area contributed by atoms with E-state index in [0.29, 0.717) is 10.8 Å². The number of carbonyl (C=O) groups is 1. The second-order valence-corrected chi connectivity index (χ2v) is 10.6. The van der Waals surface area contributed by atoms with Crippen molar-refractivity contribution in [1.29, 1.82) is 0 Å². The molecule has 0 fully saturated rings. The van der Waals surface area contributed by atoms with Gasteiger partial charge in [-0.05, 0) is 42.2 Å². The Hall–Kier alpha value is -0.880. The zero-order valence-corrected chi connectivity index (χ0v) is 15.4. The molecule has 1 amide bonds. The maximum absolute atomic E-state index is 12.1. The van der Waals surface area contributed by atoms with Crippen molar-refractivity contribution in [3.63, 3.8) is 0 Å². The maximum atomic E-state index is 12.1. The molecule has 1 N–H and O–H groups in total. The minimum Gasteiger partial charge on any atom is -0.350 e. The lowest BCUT2D eigenvalue weighted by molar-refractivity contribution is 0.0960. The van der Waals surface area contributed by atoms with Crippen LogP contribution in [0.5, 0.6) is 0 Å². The average molecular weight is 344 g/mol. The molecule has 0 saturated heterocycles. The van der Waals surface area contributed by atoms with Crippen LogP contribution in [-0.4, -0.2) is 32.9 Å². The van der Waals surface area contributed by atoms with Gasteiger partial charge in [0.1, 0.15) is 9.84 Å². The van der Waals surface area contributed by atoms with E-state index in [4.69, 9.17) is 0 Å². The van der Waals surface area contributed by atoms with Gasteiger partial charge < -0.3 is 5.32 Å². The van der Waals surface area contributed by atoms with Crippen LogP contribution in [0, 0.1) is 11.3 Å². The molecule has 1 atom stereocenters. The van der Waals surface area contributed by atoms with Gasteiger partial charge in [0.15, 0.2) is 0 Å². The SMILES string of the molecule is CC(C)(C)C1CCc2sc(C(=O)NCCS(C)(=O)=O)cc2C1. The third kappa shape index (κ3) is 4.56. The smallest absolute Gasteiger partial charge is 0.261 e. The molecule has 0 radical (unpaired) electrons. The number of nitrogens with one attached hydrogen (secondary N) is 1. The van der Waals surface area contributed by atoms with Crippen molar-refractivity contribution >= 4 is 27.1 Å². The molecule has 22 heavy (non-hydrogen) atoms. The molecule has 1 aromatic heterocycles. The quantitative estimate of drug-likeness (QED) is 0.914. The van der Waals surface area contributed by atoms with Crippen LogP contribution in [0.25, 0.3) is 0 Å². The summed E-state index contributed by atoms with van der Waals surface area (Å²) in [5.41, 5.74) is 1.58. The fourth-order valence-corrected chi connectivity index (χ4v) is 4.41. The van der Waals surface area contributed by atoms with Crippen LogP contribution in [-0.2, 0) is 22.7 Å². The van der Waals surface area contributed by atoms with Crippen molar-refractivity contribution in [2.45, 2.75) is 40.0 Å². The monoisotopic (exact) mass is 343 g/mol. The molecule has 1 aromatic rings. The minimum atomic E-state index is -3.04. The Morgan fingerprint density at radius 1 is 1.41 bits per heavy atom. The Balaban J connectivity index is 2.01. The van der Waals surface area contributed by atoms with Gasteiger partial charge in [0, 0.05) is 17.7 Å². The Labute approximate surface area is 137 Å². The Bertz CT molecular complexity index is 653. The second kappa shape index (κ2) is 6.32. The number of hydrogen-bond donors (Lipinski definition) is 1. The summed E-state index contributed by atoms with van der Waals surface area (Å²) in [6, 6.07) is 1.99. The number of rotatable bonds is 4. The largest absolute Gasteiger partial charge is 0.350 e. The first kappa shape index (κ1) is 17.5. The molecule has 0 saturated carbocycles. The molecule has 6 heteroatoms. The molecule has 1 unspecified atom stereocenters. The predicted molar refractivity (Wildman–Crippen MR) is 91.3 cm³/mol. The molecule has 1 heterocycles. The first-order valence-electron chi connectivity index (χ1n) is 7.64.